The number of carbonyl (C=O) groups excluding carboxylic acids is 1. The van der Waals surface area contributed by atoms with Crippen LogP contribution in [-0.2, 0) is 9.53 Å². The van der Waals surface area contributed by atoms with Crippen molar-refractivity contribution in [3.63, 3.8) is 0 Å². The molecule has 1 aromatic carbocycles. The Bertz CT molecular complexity index is 407. The summed E-state index contributed by atoms with van der Waals surface area (Å²) in [6.07, 6.45) is 6.61. The van der Waals surface area contributed by atoms with Crippen molar-refractivity contribution in [3.05, 3.63) is 35.4 Å². The standard InChI is InChI=1S/C16H23NO2/c1-19-16(18)15(11-17)14-9-7-13(8-10-14)12-5-3-2-4-6-12/h7-10,12,15H,2-6,11,17H2,1H3. The molecule has 104 valence electrons. The number of hydrogen-bond acceptors (Lipinski definition) is 3. The fourth-order valence-corrected chi connectivity index (χ4v) is 2.95. The van der Waals surface area contributed by atoms with Crippen molar-refractivity contribution in [3.8, 4) is 0 Å². The Morgan fingerprint density at radius 3 is 2.42 bits per heavy atom. The first-order valence-corrected chi connectivity index (χ1v) is 7.14. The van der Waals surface area contributed by atoms with E-state index in [1.54, 1.807) is 0 Å². The highest BCUT2D eigenvalue weighted by molar-refractivity contribution is 5.78. The lowest BCUT2D eigenvalue weighted by Crippen LogP contribution is -2.22. The van der Waals surface area contributed by atoms with Crippen LogP contribution in [0.3, 0.4) is 0 Å². The van der Waals surface area contributed by atoms with Crippen LogP contribution in [0.5, 0.6) is 0 Å². The summed E-state index contributed by atoms with van der Waals surface area (Å²) >= 11 is 0. The van der Waals surface area contributed by atoms with Gasteiger partial charge in [-0.2, -0.15) is 0 Å². The number of ether oxygens (including phenoxy) is 1. The van der Waals surface area contributed by atoms with E-state index in [-0.39, 0.29) is 18.4 Å². The van der Waals surface area contributed by atoms with Gasteiger partial charge in [-0.05, 0) is 29.9 Å². The van der Waals surface area contributed by atoms with E-state index in [0.29, 0.717) is 5.92 Å². The fourth-order valence-electron chi connectivity index (χ4n) is 2.95. The third-order valence-electron chi connectivity index (χ3n) is 4.14. The van der Waals surface area contributed by atoms with Crippen LogP contribution < -0.4 is 5.73 Å². The van der Waals surface area contributed by atoms with Crippen LogP contribution in [0.4, 0.5) is 0 Å². The van der Waals surface area contributed by atoms with E-state index in [4.69, 9.17) is 10.5 Å². The minimum atomic E-state index is -0.342. The molecule has 3 nitrogen and oxygen atoms in total. The minimum absolute atomic E-state index is 0.257. The van der Waals surface area contributed by atoms with Crippen LogP contribution in [0.1, 0.15) is 55.1 Å². The van der Waals surface area contributed by atoms with Gasteiger partial charge in [0.05, 0.1) is 13.0 Å². The third kappa shape index (κ3) is 3.35. The van der Waals surface area contributed by atoms with Crippen LogP contribution in [0, 0.1) is 0 Å². The van der Waals surface area contributed by atoms with E-state index in [0.717, 1.165) is 5.56 Å². The zero-order chi connectivity index (χ0) is 13.7. The van der Waals surface area contributed by atoms with Gasteiger partial charge in [-0.25, -0.2) is 0 Å². The summed E-state index contributed by atoms with van der Waals surface area (Å²) in [6.45, 7) is 0.287. The van der Waals surface area contributed by atoms with Gasteiger partial charge >= 0.3 is 5.97 Å². The van der Waals surface area contributed by atoms with Crippen molar-refractivity contribution in [2.75, 3.05) is 13.7 Å². The number of carbonyl (C=O) groups is 1. The van der Waals surface area contributed by atoms with Crippen LogP contribution in [0.15, 0.2) is 24.3 Å². The molecule has 0 saturated heterocycles. The molecule has 1 aliphatic carbocycles. The number of hydrogen-bond donors (Lipinski definition) is 1. The van der Waals surface area contributed by atoms with E-state index >= 15 is 0 Å². The average molecular weight is 261 g/mol. The van der Waals surface area contributed by atoms with Gasteiger partial charge in [-0.15, -0.1) is 0 Å². The zero-order valence-corrected chi connectivity index (χ0v) is 11.6. The average Bonchev–Trinajstić information content (AvgIpc) is 2.49. The lowest BCUT2D eigenvalue weighted by molar-refractivity contribution is -0.142. The maximum atomic E-state index is 11.6. The molecular weight excluding hydrogens is 238 g/mol. The summed E-state index contributed by atoms with van der Waals surface area (Å²) in [6, 6.07) is 8.35. The largest absolute Gasteiger partial charge is 0.469 e. The van der Waals surface area contributed by atoms with Crippen molar-refractivity contribution in [1.29, 1.82) is 0 Å². The second-order valence-electron chi connectivity index (χ2n) is 5.31. The molecule has 3 heteroatoms. The molecular formula is C16H23NO2. The Balaban J connectivity index is 2.10. The van der Waals surface area contributed by atoms with Gasteiger partial charge in [0.25, 0.3) is 0 Å². The third-order valence-corrected chi connectivity index (χ3v) is 4.14. The van der Waals surface area contributed by atoms with E-state index in [1.165, 1.54) is 44.8 Å². The van der Waals surface area contributed by atoms with E-state index in [1.807, 2.05) is 12.1 Å². The number of benzene rings is 1. The van der Waals surface area contributed by atoms with Crippen molar-refractivity contribution < 1.29 is 9.53 Å². The van der Waals surface area contributed by atoms with Gasteiger partial charge in [0.1, 0.15) is 0 Å². The predicted octanol–water partition coefficient (Wildman–Crippen LogP) is 2.95. The summed E-state index contributed by atoms with van der Waals surface area (Å²) in [5.41, 5.74) is 8.01. The normalized spacial score (nSPS) is 18.0. The fraction of sp³-hybridized carbons (Fsp3) is 0.562. The molecule has 0 spiro atoms. The molecule has 0 radical (unpaired) electrons. The Kier molecular flexibility index (Phi) is 4.97. The maximum absolute atomic E-state index is 11.6. The molecule has 0 amide bonds. The molecule has 1 fully saturated rings. The Hall–Kier alpha value is -1.35. The van der Waals surface area contributed by atoms with Crippen molar-refractivity contribution in [2.24, 2.45) is 5.73 Å². The number of rotatable bonds is 4. The Morgan fingerprint density at radius 1 is 1.26 bits per heavy atom. The van der Waals surface area contributed by atoms with Gasteiger partial charge in [0.2, 0.25) is 0 Å². The molecule has 1 aromatic rings. The van der Waals surface area contributed by atoms with Crippen LogP contribution in [0.25, 0.3) is 0 Å². The summed E-state index contributed by atoms with van der Waals surface area (Å²) < 4.78 is 4.79. The lowest BCUT2D eigenvalue weighted by atomic mass is 9.83. The molecule has 0 heterocycles. The van der Waals surface area contributed by atoms with Gasteiger partial charge in [0.15, 0.2) is 0 Å². The van der Waals surface area contributed by atoms with Crippen molar-refractivity contribution in [1.82, 2.24) is 0 Å². The molecule has 2 rings (SSSR count). The summed E-state index contributed by atoms with van der Waals surface area (Å²) in [5, 5.41) is 0. The lowest BCUT2D eigenvalue weighted by Gasteiger charge is -2.22. The molecule has 1 atom stereocenters. The Morgan fingerprint density at radius 2 is 1.89 bits per heavy atom. The van der Waals surface area contributed by atoms with E-state index in [2.05, 4.69) is 12.1 Å². The second kappa shape index (κ2) is 6.71. The van der Waals surface area contributed by atoms with Gasteiger partial charge < -0.3 is 10.5 Å². The number of methoxy groups -OCH3 is 1. The second-order valence-corrected chi connectivity index (χ2v) is 5.31. The van der Waals surface area contributed by atoms with Gasteiger partial charge in [0, 0.05) is 6.54 Å². The molecule has 1 saturated carbocycles. The van der Waals surface area contributed by atoms with E-state index < -0.39 is 0 Å². The maximum Gasteiger partial charge on any atom is 0.314 e. The highest BCUT2D eigenvalue weighted by Gasteiger charge is 2.20. The van der Waals surface area contributed by atoms with E-state index in [9.17, 15) is 4.79 Å². The first-order valence-electron chi connectivity index (χ1n) is 7.14. The predicted molar refractivity (Wildman–Crippen MR) is 76.1 cm³/mol. The molecule has 1 aliphatic rings. The summed E-state index contributed by atoms with van der Waals surface area (Å²) in [5.74, 6) is 0.0931. The Labute approximate surface area is 115 Å². The molecule has 0 aromatic heterocycles. The van der Waals surface area contributed by atoms with Gasteiger partial charge in [-0.1, -0.05) is 43.5 Å². The number of esters is 1. The molecule has 19 heavy (non-hydrogen) atoms. The SMILES string of the molecule is COC(=O)C(CN)c1ccc(C2CCCCC2)cc1. The first-order chi connectivity index (χ1) is 9.26. The van der Waals surface area contributed by atoms with Gasteiger partial charge in [-0.3, -0.25) is 4.79 Å². The van der Waals surface area contributed by atoms with Crippen LogP contribution >= 0.6 is 0 Å². The minimum Gasteiger partial charge on any atom is -0.469 e. The smallest absolute Gasteiger partial charge is 0.314 e. The highest BCUT2D eigenvalue weighted by atomic mass is 16.5. The quantitative estimate of drug-likeness (QED) is 0.848. The van der Waals surface area contributed by atoms with Crippen LogP contribution in [-0.4, -0.2) is 19.6 Å². The topological polar surface area (TPSA) is 52.3 Å². The monoisotopic (exact) mass is 261 g/mol. The molecule has 0 bridgehead atoms. The van der Waals surface area contributed by atoms with Crippen molar-refractivity contribution in [2.45, 2.75) is 43.9 Å². The van der Waals surface area contributed by atoms with Crippen LogP contribution in [0.2, 0.25) is 0 Å². The van der Waals surface area contributed by atoms with Crippen molar-refractivity contribution >= 4 is 5.97 Å². The zero-order valence-electron chi connectivity index (χ0n) is 11.6. The summed E-state index contributed by atoms with van der Waals surface area (Å²) in [7, 11) is 1.40. The highest BCUT2D eigenvalue weighted by Crippen LogP contribution is 2.33. The molecule has 0 aliphatic heterocycles. The first kappa shape index (κ1) is 14.1. The molecule has 2 N–H and O–H groups in total. The molecule has 1 unspecified atom stereocenters. The summed E-state index contributed by atoms with van der Waals surface area (Å²) in [4.78, 5) is 11.6. The number of nitrogens with two attached hydrogens (primary N) is 1.